The van der Waals surface area contributed by atoms with Crippen molar-refractivity contribution in [1.82, 2.24) is 4.98 Å². The molecule has 0 radical (unpaired) electrons. The molecule has 0 amide bonds. The Hall–Kier alpha value is -2.16. The van der Waals surface area contributed by atoms with Crippen LogP contribution < -0.4 is 0 Å². The van der Waals surface area contributed by atoms with Gasteiger partial charge in [-0.15, -0.1) is 0 Å². The van der Waals surface area contributed by atoms with E-state index in [1.54, 1.807) is 12.3 Å². The third-order valence-electron chi connectivity index (χ3n) is 2.12. The van der Waals surface area contributed by atoms with E-state index >= 15 is 0 Å². The molecule has 1 aromatic heterocycles. The fourth-order valence-corrected chi connectivity index (χ4v) is 1.30. The van der Waals surface area contributed by atoms with Crippen molar-refractivity contribution in [3.8, 4) is 0 Å². The summed E-state index contributed by atoms with van der Waals surface area (Å²) in [4.78, 5) is 4.04. The van der Waals surface area contributed by atoms with Crippen molar-refractivity contribution in [3.05, 3.63) is 66.0 Å². The van der Waals surface area contributed by atoms with Crippen LogP contribution in [-0.2, 0) is 11.3 Å². The minimum atomic E-state index is 0.101. The Balaban J connectivity index is 1.95. The van der Waals surface area contributed by atoms with Crippen LogP contribution in [0.2, 0.25) is 0 Å². The Labute approximate surface area is 94.2 Å². The fraction of sp³-hybridized carbons (Fsp3) is 0.0769. The van der Waals surface area contributed by atoms with Crippen LogP contribution in [0, 0.1) is 5.41 Å². The highest BCUT2D eigenvalue weighted by molar-refractivity contribution is 5.89. The molecule has 0 aliphatic heterocycles. The van der Waals surface area contributed by atoms with Gasteiger partial charge < -0.3 is 4.74 Å². The second-order valence-electron chi connectivity index (χ2n) is 3.32. The minimum absolute atomic E-state index is 0.101. The standard InChI is InChI=1S/C13H12N2O/c14-13(12-8-4-5-9-15-12)16-10-11-6-2-1-3-7-11/h1-9,14H,10H2. The van der Waals surface area contributed by atoms with Gasteiger partial charge in [-0.05, 0) is 17.7 Å². The molecule has 16 heavy (non-hydrogen) atoms. The lowest BCUT2D eigenvalue weighted by molar-refractivity contribution is 0.290. The van der Waals surface area contributed by atoms with Gasteiger partial charge in [-0.3, -0.25) is 10.4 Å². The second-order valence-corrected chi connectivity index (χ2v) is 3.32. The first kappa shape index (κ1) is 10.4. The number of aromatic nitrogens is 1. The fourth-order valence-electron chi connectivity index (χ4n) is 1.30. The van der Waals surface area contributed by atoms with Crippen LogP contribution in [0.25, 0.3) is 0 Å². The van der Waals surface area contributed by atoms with Crippen molar-refractivity contribution in [2.24, 2.45) is 0 Å². The summed E-state index contributed by atoms with van der Waals surface area (Å²) in [6.07, 6.45) is 1.65. The molecule has 1 aromatic carbocycles. The summed E-state index contributed by atoms with van der Waals surface area (Å²) < 4.78 is 5.33. The maximum absolute atomic E-state index is 7.69. The van der Waals surface area contributed by atoms with Gasteiger partial charge in [-0.2, -0.15) is 0 Å². The van der Waals surface area contributed by atoms with Gasteiger partial charge in [-0.1, -0.05) is 36.4 Å². The number of hydrogen-bond acceptors (Lipinski definition) is 3. The number of pyridine rings is 1. The first-order valence-electron chi connectivity index (χ1n) is 5.03. The molecule has 0 spiro atoms. The van der Waals surface area contributed by atoms with Crippen molar-refractivity contribution in [2.75, 3.05) is 0 Å². The number of rotatable bonds is 3. The summed E-state index contributed by atoms with van der Waals surface area (Å²) in [5.41, 5.74) is 1.60. The summed E-state index contributed by atoms with van der Waals surface area (Å²) in [6, 6.07) is 15.2. The molecule has 0 fully saturated rings. The highest BCUT2D eigenvalue weighted by Gasteiger charge is 2.02. The van der Waals surface area contributed by atoms with Crippen molar-refractivity contribution < 1.29 is 4.74 Å². The zero-order valence-corrected chi connectivity index (χ0v) is 8.76. The van der Waals surface area contributed by atoms with E-state index in [4.69, 9.17) is 10.1 Å². The number of nitrogens with one attached hydrogen (secondary N) is 1. The van der Waals surface area contributed by atoms with E-state index in [1.807, 2.05) is 42.5 Å². The zero-order valence-electron chi connectivity index (χ0n) is 8.76. The van der Waals surface area contributed by atoms with Gasteiger partial charge in [0.25, 0.3) is 0 Å². The van der Waals surface area contributed by atoms with Gasteiger partial charge in [0.15, 0.2) is 0 Å². The first-order valence-corrected chi connectivity index (χ1v) is 5.03. The number of nitrogens with zero attached hydrogens (tertiary/aromatic N) is 1. The molecule has 1 heterocycles. The molecule has 0 saturated heterocycles. The lowest BCUT2D eigenvalue weighted by Crippen LogP contribution is -2.06. The Bertz CT molecular complexity index is 454. The third-order valence-corrected chi connectivity index (χ3v) is 2.12. The monoisotopic (exact) mass is 212 g/mol. The SMILES string of the molecule is N=C(OCc1ccccc1)c1ccccn1. The molecule has 80 valence electrons. The van der Waals surface area contributed by atoms with Gasteiger partial charge in [0.05, 0.1) is 0 Å². The molecule has 0 unspecified atom stereocenters. The van der Waals surface area contributed by atoms with E-state index in [-0.39, 0.29) is 5.90 Å². The second kappa shape index (κ2) is 5.07. The van der Waals surface area contributed by atoms with Gasteiger partial charge >= 0.3 is 0 Å². The van der Waals surface area contributed by atoms with E-state index in [1.165, 1.54) is 0 Å². The summed E-state index contributed by atoms with van der Waals surface area (Å²) in [5.74, 6) is 0.101. The Kier molecular flexibility index (Phi) is 3.28. The molecule has 2 aromatic rings. The minimum Gasteiger partial charge on any atom is -0.472 e. The van der Waals surface area contributed by atoms with Crippen LogP contribution in [0.5, 0.6) is 0 Å². The maximum Gasteiger partial charge on any atom is 0.232 e. The van der Waals surface area contributed by atoms with E-state index in [0.717, 1.165) is 5.56 Å². The normalized spacial score (nSPS) is 9.75. The summed E-state index contributed by atoms with van der Waals surface area (Å²) in [6.45, 7) is 0.399. The summed E-state index contributed by atoms with van der Waals surface area (Å²) in [5, 5.41) is 7.69. The maximum atomic E-state index is 7.69. The Morgan fingerprint density at radius 1 is 1.06 bits per heavy atom. The van der Waals surface area contributed by atoms with Crippen molar-refractivity contribution in [3.63, 3.8) is 0 Å². The largest absolute Gasteiger partial charge is 0.472 e. The average molecular weight is 212 g/mol. The topological polar surface area (TPSA) is 46.0 Å². The van der Waals surface area contributed by atoms with Crippen LogP contribution in [0.15, 0.2) is 54.7 Å². The van der Waals surface area contributed by atoms with Gasteiger partial charge in [0.2, 0.25) is 5.90 Å². The molecule has 3 nitrogen and oxygen atoms in total. The zero-order chi connectivity index (χ0) is 11.2. The highest BCUT2D eigenvalue weighted by Crippen LogP contribution is 2.03. The molecule has 2 rings (SSSR count). The van der Waals surface area contributed by atoms with E-state index in [2.05, 4.69) is 4.98 Å². The quantitative estimate of drug-likeness (QED) is 0.628. The molecule has 0 aliphatic rings. The lowest BCUT2D eigenvalue weighted by Gasteiger charge is -2.06. The van der Waals surface area contributed by atoms with E-state index in [9.17, 15) is 0 Å². The molecule has 0 bridgehead atoms. The van der Waals surface area contributed by atoms with E-state index in [0.29, 0.717) is 12.3 Å². The van der Waals surface area contributed by atoms with Crippen molar-refractivity contribution >= 4 is 5.90 Å². The van der Waals surface area contributed by atoms with E-state index < -0.39 is 0 Å². The molecule has 3 heteroatoms. The molecule has 1 N–H and O–H groups in total. The third kappa shape index (κ3) is 2.67. The van der Waals surface area contributed by atoms with Crippen LogP contribution in [0.1, 0.15) is 11.3 Å². The lowest BCUT2D eigenvalue weighted by atomic mass is 10.2. The predicted molar refractivity (Wildman–Crippen MR) is 62.3 cm³/mol. The number of hydrogen-bond donors (Lipinski definition) is 1. The Morgan fingerprint density at radius 3 is 2.50 bits per heavy atom. The smallest absolute Gasteiger partial charge is 0.232 e. The molecular weight excluding hydrogens is 200 g/mol. The van der Waals surface area contributed by atoms with Crippen molar-refractivity contribution in [1.29, 1.82) is 5.41 Å². The summed E-state index contributed by atoms with van der Waals surface area (Å²) >= 11 is 0. The number of ether oxygens (including phenoxy) is 1. The van der Waals surface area contributed by atoms with Gasteiger partial charge in [0, 0.05) is 6.20 Å². The van der Waals surface area contributed by atoms with Crippen LogP contribution in [-0.4, -0.2) is 10.9 Å². The average Bonchev–Trinajstić information content (AvgIpc) is 2.38. The molecule has 0 saturated carbocycles. The molecule has 0 aliphatic carbocycles. The van der Waals surface area contributed by atoms with Crippen LogP contribution in [0.3, 0.4) is 0 Å². The van der Waals surface area contributed by atoms with Crippen LogP contribution in [0.4, 0.5) is 0 Å². The number of benzene rings is 1. The van der Waals surface area contributed by atoms with Gasteiger partial charge in [-0.25, -0.2) is 0 Å². The van der Waals surface area contributed by atoms with Crippen LogP contribution >= 0.6 is 0 Å². The Morgan fingerprint density at radius 2 is 1.81 bits per heavy atom. The molecular formula is C13H12N2O. The first-order chi connectivity index (χ1) is 7.86. The van der Waals surface area contributed by atoms with Crippen molar-refractivity contribution in [2.45, 2.75) is 6.61 Å². The highest BCUT2D eigenvalue weighted by atomic mass is 16.5. The summed E-state index contributed by atoms with van der Waals surface area (Å²) in [7, 11) is 0. The predicted octanol–water partition coefficient (Wildman–Crippen LogP) is 2.62. The van der Waals surface area contributed by atoms with Gasteiger partial charge in [0.1, 0.15) is 12.3 Å². The molecule has 0 atom stereocenters.